The zero-order valence-corrected chi connectivity index (χ0v) is 28.7. The minimum absolute atomic E-state index is 0.173. The van der Waals surface area contributed by atoms with Gasteiger partial charge in [0.05, 0.1) is 45.8 Å². The van der Waals surface area contributed by atoms with Crippen molar-refractivity contribution in [2.24, 2.45) is 0 Å². The molecule has 1 saturated heterocycles. The number of benzene rings is 3. The summed E-state index contributed by atoms with van der Waals surface area (Å²) >= 11 is 0. The third kappa shape index (κ3) is 5.28. The highest BCUT2D eigenvalue weighted by Crippen LogP contribution is 2.42. The molecule has 3 aromatic carbocycles. The van der Waals surface area contributed by atoms with Crippen molar-refractivity contribution in [1.29, 1.82) is 0 Å². The van der Waals surface area contributed by atoms with Crippen molar-refractivity contribution >= 4 is 60.0 Å². The number of sulfonamides is 1. The van der Waals surface area contributed by atoms with E-state index >= 15 is 4.39 Å². The summed E-state index contributed by atoms with van der Waals surface area (Å²) in [7, 11) is -0.930. The van der Waals surface area contributed by atoms with Crippen molar-refractivity contribution in [1.82, 2.24) is 24.6 Å². The Hall–Kier alpha value is -5.47. The molecule has 14 heteroatoms. The van der Waals surface area contributed by atoms with E-state index < -0.39 is 33.7 Å². The van der Waals surface area contributed by atoms with Gasteiger partial charge >= 0.3 is 0 Å². The van der Waals surface area contributed by atoms with E-state index in [1.165, 1.54) is 50.5 Å². The maximum atomic E-state index is 15.2. The highest BCUT2D eigenvalue weighted by Gasteiger charge is 2.33. The van der Waals surface area contributed by atoms with Gasteiger partial charge in [0.2, 0.25) is 10.0 Å². The Morgan fingerprint density at radius 2 is 1.75 bits per heavy atom. The van der Waals surface area contributed by atoms with E-state index in [4.69, 9.17) is 14.4 Å². The number of carbonyl (C=O) groups excluding carboxylic acids is 1. The number of hydrogen-bond acceptors (Lipinski definition) is 7. The van der Waals surface area contributed by atoms with Crippen molar-refractivity contribution < 1.29 is 30.8 Å². The Morgan fingerprint density at radius 1 is 1.00 bits per heavy atom. The number of fused-ring (bicyclic) bond motifs is 6. The van der Waals surface area contributed by atoms with Gasteiger partial charge in [0, 0.05) is 55.2 Å². The number of halogens is 3. The van der Waals surface area contributed by atoms with Crippen LogP contribution in [0.3, 0.4) is 0 Å². The number of amides is 1. The van der Waals surface area contributed by atoms with Crippen LogP contribution in [0, 0.1) is 11.6 Å². The van der Waals surface area contributed by atoms with E-state index in [-0.39, 0.29) is 41.7 Å². The van der Waals surface area contributed by atoms with Gasteiger partial charge in [0.25, 0.3) is 5.91 Å². The van der Waals surface area contributed by atoms with Gasteiger partial charge < -0.3 is 9.73 Å². The Morgan fingerprint density at radius 3 is 2.43 bits per heavy atom. The van der Waals surface area contributed by atoms with Gasteiger partial charge in [-0.15, -0.1) is 0 Å². The van der Waals surface area contributed by atoms with Gasteiger partial charge in [-0.1, -0.05) is 6.07 Å². The lowest BCUT2D eigenvalue weighted by atomic mass is 10.0. The molecule has 1 N–H and O–H groups in total. The lowest BCUT2D eigenvalue weighted by molar-refractivity contribution is 0.0300. The third-order valence-corrected chi connectivity index (χ3v) is 10.8. The third-order valence-electron chi connectivity index (χ3n) is 9.64. The molecule has 1 unspecified atom stereocenters. The zero-order valence-electron chi connectivity index (χ0n) is 27.9. The molecule has 8 rings (SSSR count). The van der Waals surface area contributed by atoms with Crippen LogP contribution in [0.25, 0.3) is 61.0 Å². The molecule has 1 fully saturated rings. The monoisotopic (exact) mass is 712 g/mol. The SMILES string of the molecule is CNC(=O)c1c(-c2ccc(F)cc2)oc2cc(N(C)S(C)(=O)=O)c(-c3ccc4nc(C(C)N5CC(F)C5)n5c6cccc(F)c6cc5c4n3)cc12. The molecule has 1 amide bonds. The van der Waals surface area contributed by atoms with Crippen LogP contribution in [0.1, 0.15) is 29.1 Å². The van der Waals surface area contributed by atoms with Gasteiger partial charge in [-0.2, -0.15) is 0 Å². The summed E-state index contributed by atoms with van der Waals surface area (Å²) in [4.78, 5) is 25.3. The molecule has 0 aliphatic carbocycles. The molecule has 10 nitrogen and oxygen atoms in total. The molecule has 1 aliphatic heterocycles. The minimum Gasteiger partial charge on any atom is -0.455 e. The average molecular weight is 713 g/mol. The second kappa shape index (κ2) is 11.8. The van der Waals surface area contributed by atoms with Crippen molar-refractivity contribution in [3.63, 3.8) is 0 Å². The number of furan rings is 1. The molecule has 51 heavy (non-hydrogen) atoms. The second-order valence-corrected chi connectivity index (χ2v) is 14.8. The molecule has 7 aromatic rings. The second-order valence-electron chi connectivity index (χ2n) is 12.8. The number of likely N-dealkylation sites (tertiary alicyclic amines) is 1. The Labute approximate surface area is 290 Å². The summed E-state index contributed by atoms with van der Waals surface area (Å²) in [5.74, 6) is -0.577. The van der Waals surface area contributed by atoms with E-state index in [0.717, 1.165) is 10.6 Å². The highest BCUT2D eigenvalue weighted by atomic mass is 32.2. The lowest BCUT2D eigenvalue weighted by Gasteiger charge is -2.38. The number of hydrogen-bond donors (Lipinski definition) is 1. The number of anilines is 1. The van der Waals surface area contributed by atoms with Crippen molar-refractivity contribution in [3.8, 4) is 22.6 Å². The van der Waals surface area contributed by atoms with E-state index in [1.54, 1.807) is 36.4 Å². The van der Waals surface area contributed by atoms with Crippen LogP contribution >= 0.6 is 0 Å². The van der Waals surface area contributed by atoms with Crippen LogP contribution < -0.4 is 9.62 Å². The quantitative estimate of drug-likeness (QED) is 0.192. The van der Waals surface area contributed by atoms with Crippen LogP contribution in [-0.2, 0) is 10.0 Å². The first-order chi connectivity index (χ1) is 24.3. The molecule has 5 heterocycles. The lowest BCUT2D eigenvalue weighted by Crippen LogP contribution is -2.49. The molecule has 0 spiro atoms. The first-order valence-corrected chi connectivity index (χ1v) is 18.0. The first kappa shape index (κ1) is 32.7. The largest absolute Gasteiger partial charge is 0.455 e. The fourth-order valence-corrected chi connectivity index (χ4v) is 7.32. The molecule has 1 aliphatic rings. The first-order valence-electron chi connectivity index (χ1n) is 16.2. The highest BCUT2D eigenvalue weighted by molar-refractivity contribution is 7.92. The molecule has 260 valence electrons. The minimum atomic E-state index is -3.81. The van der Waals surface area contributed by atoms with E-state index in [0.29, 0.717) is 55.5 Å². The normalized spacial score (nSPS) is 14.8. The van der Waals surface area contributed by atoms with Crippen LogP contribution in [0.2, 0.25) is 0 Å². The number of alkyl halides is 1. The van der Waals surface area contributed by atoms with Gasteiger partial charge in [0.1, 0.15) is 40.5 Å². The molecule has 0 bridgehead atoms. The number of carbonyl (C=O) groups is 1. The number of aromatic nitrogens is 3. The number of pyridine rings is 1. The Bertz CT molecular complexity index is 2670. The Balaban J connectivity index is 1.41. The predicted octanol–water partition coefficient (Wildman–Crippen LogP) is 6.86. The number of nitrogens with one attached hydrogen (secondary N) is 1. The number of nitrogens with zero attached hydrogens (tertiary/aromatic N) is 5. The van der Waals surface area contributed by atoms with Crippen LogP contribution in [0.15, 0.2) is 77.2 Å². The van der Waals surface area contributed by atoms with E-state index in [1.807, 2.05) is 16.2 Å². The van der Waals surface area contributed by atoms with Gasteiger partial charge in [-0.3, -0.25) is 18.4 Å². The van der Waals surface area contributed by atoms with Crippen LogP contribution in [0.5, 0.6) is 0 Å². The maximum Gasteiger partial charge on any atom is 0.255 e. The van der Waals surface area contributed by atoms with Gasteiger partial charge in [-0.05, 0) is 67.6 Å². The fraction of sp³-hybridized carbons (Fsp3) is 0.216. The molecule has 1 atom stereocenters. The molecule has 0 radical (unpaired) electrons. The topological polar surface area (TPSA) is 113 Å². The number of rotatable bonds is 7. The fourth-order valence-electron chi connectivity index (χ4n) is 6.82. The van der Waals surface area contributed by atoms with Crippen molar-refractivity contribution in [2.45, 2.75) is 19.1 Å². The molecule has 0 saturated carbocycles. The van der Waals surface area contributed by atoms with Crippen LogP contribution in [0.4, 0.5) is 18.9 Å². The van der Waals surface area contributed by atoms with Gasteiger partial charge in [-0.25, -0.2) is 31.6 Å². The predicted molar refractivity (Wildman–Crippen MR) is 190 cm³/mol. The maximum absolute atomic E-state index is 15.2. The van der Waals surface area contributed by atoms with E-state index in [2.05, 4.69) is 5.32 Å². The van der Waals surface area contributed by atoms with E-state index in [9.17, 15) is 22.0 Å². The standard InChI is InChI=1S/C37H31F3N6O4S/c1-19(45-17-22(39)18-45)36-43-28-13-12-27(42-34(28)31-15-23-26(40)6-5-7-29(23)46(31)36)24-14-25-32(16-30(24)44(3)51(4,48)49)50-35(33(25)37(47)41-2)20-8-10-21(38)11-9-20/h5-16,19,22H,17-18H2,1-4H3,(H,41,47). The summed E-state index contributed by atoms with van der Waals surface area (Å²) in [5, 5.41) is 3.37. The smallest absolute Gasteiger partial charge is 0.255 e. The average Bonchev–Trinajstić information content (AvgIpc) is 3.68. The van der Waals surface area contributed by atoms with Gasteiger partial charge in [0.15, 0.2) is 0 Å². The summed E-state index contributed by atoms with van der Waals surface area (Å²) < 4.78 is 78.0. The zero-order chi connectivity index (χ0) is 35.9. The summed E-state index contributed by atoms with van der Waals surface area (Å²) in [6.07, 6.45) is 0.144. The summed E-state index contributed by atoms with van der Waals surface area (Å²) in [5.41, 5.74) is 3.83. The van der Waals surface area contributed by atoms with Crippen LogP contribution in [-0.4, -0.2) is 73.2 Å². The summed E-state index contributed by atoms with van der Waals surface area (Å²) in [6, 6.07) is 18.3. The molecule has 4 aromatic heterocycles. The van der Waals surface area contributed by atoms with Crippen molar-refractivity contribution in [2.75, 3.05) is 37.7 Å². The molecular formula is C37H31F3N6O4S. The Kier molecular flexibility index (Phi) is 7.58. The van der Waals surface area contributed by atoms with Crippen molar-refractivity contribution in [3.05, 3.63) is 95.8 Å². The molecular weight excluding hydrogens is 682 g/mol. The summed E-state index contributed by atoms with van der Waals surface area (Å²) in [6.45, 7) is 2.46.